The van der Waals surface area contributed by atoms with E-state index in [0.29, 0.717) is 42.4 Å². The van der Waals surface area contributed by atoms with Gasteiger partial charge in [-0.3, -0.25) is 4.79 Å². The summed E-state index contributed by atoms with van der Waals surface area (Å²) in [4.78, 5) is 15.8. The highest BCUT2D eigenvalue weighted by atomic mass is 35.5. The molecule has 2 atom stereocenters. The second kappa shape index (κ2) is 9.49. The summed E-state index contributed by atoms with van der Waals surface area (Å²) < 4.78 is 26.1. The molecule has 2 aliphatic heterocycles. The van der Waals surface area contributed by atoms with Crippen LogP contribution in [0.1, 0.15) is 23.7 Å². The monoisotopic (exact) mass is 440 g/mol. The summed E-state index contributed by atoms with van der Waals surface area (Å²) in [6.07, 6.45) is 0.781. The molecule has 1 aromatic heterocycles. The maximum Gasteiger partial charge on any atom is 0.246 e. The summed E-state index contributed by atoms with van der Waals surface area (Å²) in [6, 6.07) is 8.13. The summed E-state index contributed by atoms with van der Waals surface area (Å²) in [7, 11) is 0. The number of hydrogen-bond acceptors (Lipinski definition) is 6. The lowest BCUT2D eigenvalue weighted by Crippen LogP contribution is -2.35. The molecule has 1 fully saturated rings. The molecule has 0 bridgehead atoms. The van der Waals surface area contributed by atoms with Gasteiger partial charge in [0.1, 0.15) is 18.0 Å². The van der Waals surface area contributed by atoms with Crippen molar-refractivity contribution in [2.75, 3.05) is 19.7 Å². The van der Waals surface area contributed by atoms with Gasteiger partial charge >= 0.3 is 0 Å². The Balaban J connectivity index is 0.00000240. The van der Waals surface area contributed by atoms with E-state index in [1.807, 2.05) is 0 Å². The third-order valence-corrected chi connectivity index (χ3v) is 4.83. The van der Waals surface area contributed by atoms with E-state index in [1.54, 1.807) is 24.4 Å². The third-order valence-electron chi connectivity index (χ3n) is 4.52. The maximum atomic E-state index is 14.0. The fourth-order valence-electron chi connectivity index (χ4n) is 3.18. The number of carbonyl (C=O) groups excluding carboxylic acids is 1. The normalized spacial score (nSPS) is 21.6. The second-order valence-electron chi connectivity index (χ2n) is 6.45. The van der Waals surface area contributed by atoms with E-state index in [0.717, 1.165) is 0 Å². The van der Waals surface area contributed by atoms with Gasteiger partial charge in [-0.15, -0.1) is 12.4 Å². The highest BCUT2D eigenvalue weighted by Crippen LogP contribution is 2.30. The van der Waals surface area contributed by atoms with Gasteiger partial charge < -0.3 is 14.8 Å². The number of ether oxygens (including phenoxy) is 2. The zero-order chi connectivity index (χ0) is 19.5. The van der Waals surface area contributed by atoms with Crippen molar-refractivity contribution in [1.29, 1.82) is 0 Å². The number of rotatable bonds is 4. The number of halogens is 3. The lowest BCUT2D eigenvalue weighted by molar-refractivity contribution is -0.119. The van der Waals surface area contributed by atoms with Crippen molar-refractivity contribution >= 4 is 35.6 Å². The number of pyridine rings is 1. The average Bonchev–Trinajstić information content (AvgIpc) is 2.99. The first kappa shape index (κ1) is 21.4. The first-order valence-electron chi connectivity index (χ1n) is 8.86. The van der Waals surface area contributed by atoms with Crippen molar-refractivity contribution < 1.29 is 18.7 Å². The van der Waals surface area contributed by atoms with Gasteiger partial charge in [-0.25, -0.2) is 14.8 Å². The number of aromatic nitrogens is 1. The SMILES string of the molecule is Cl.O=C1CC(c2cccnc2O[C@@H]2CNCCO[C@H]2c2ccc(Cl)c(F)c2)=NN1. The van der Waals surface area contributed by atoms with E-state index in [9.17, 15) is 9.18 Å². The fraction of sp³-hybridized carbons (Fsp3) is 0.316. The summed E-state index contributed by atoms with van der Waals surface area (Å²) in [5.41, 5.74) is 4.25. The maximum absolute atomic E-state index is 14.0. The molecular formula is C19H19Cl2FN4O3. The van der Waals surface area contributed by atoms with Crippen LogP contribution in [-0.2, 0) is 9.53 Å². The molecule has 2 aromatic rings. The van der Waals surface area contributed by atoms with Crippen LogP contribution >= 0.6 is 24.0 Å². The van der Waals surface area contributed by atoms with E-state index in [-0.39, 0.29) is 29.8 Å². The van der Waals surface area contributed by atoms with Crippen LogP contribution in [0.25, 0.3) is 0 Å². The molecule has 154 valence electrons. The zero-order valence-electron chi connectivity index (χ0n) is 15.2. The Bertz CT molecular complexity index is 928. The molecule has 1 saturated heterocycles. The molecule has 3 heterocycles. The summed E-state index contributed by atoms with van der Waals surface area (Å²) >= 11 is 5.81. The number of hydrazone groups is 1. The van der Waals surface area contributed by atoms with Gasteiger partial charge in [-0.2, -0.15) is 5.10 Å². The van der Waals surface area contributed by atoms with Crippen molar-refractivity contribution in [3.8, 4) is 5.88 Å². The minimum Gasteiger partial charge on any atom is -0.469 e. The smallest absolute Gasteiger partial charge is 0.246 e. The fourth-order valence-corrected chi connectivity index (χ4v) is 3.30. The molecule has 1 amide bonds. The Hall–Kier alpha value is -2.26. The molecule has 1 aromatic carbocycles. The van der Waals surface area contributed by atoms with Crippen molar-refractivity contribution in [1.82, 2.24) is 15.7 Å². The Morgan fingerprint density at radius 1 is 1.31 bits per heavy atom. The van der Waals surface area contributed by atoms with Crippen LogP contribution in [0.15, 0.2) is 41.6 Å². The molecule has 29 heavy (non-hydrogen) atoms. The van der Waals surface area contributed by atoms with Crippen LogP contribution in [0.5, 0.6) is 5.88 Å². The molecule has 2 N–H and O–H groups in total. The second-order valence-corrected chi connectivity index (χ2v) is 6.86. The molecular weight excluding hydrogens is 422 g/mol. The largest absolute Gasteiger partial charge is 0.469 e. The van der Waals surface area contributed by atoms with Gasteiger partial charge in [0.2, 0.25) is 11.8 Å². The Labute approximate surface area is 178 Å². The highest BCUT2D eigenvalue weighted by molar-refractivity contribution is 6.30. The van der Waals surface area contributed by atoms with E-state index in [4.69, 9.17) is 21.1 Å². The van der Waals surface area contributed by atoms with Crippen molar-refractivity contribution in [2.45, 2.75) is 18.6 Å². The number of amides is 1. The van der Waals surface area contributed by atoms with Crippen LogP contribution in [-0.4, -0.2) is 42.4 Å². The zero-order valence-corrected chi connectivity index (χ0v) is 16.8. The summed E-state index contributed by atoms with van der Waals surface area (Å²) in [6.45, 7) is 1.58. The van der Waals surface area contributed by atoms with Crippen LogP contribution in [0.3, 0.4) is 0 Å². The van der Waals surface area contributed by atoms with Crippen molar-refractivity contribution in [2.24, 2.45) is 5.10 Å². The predicted octanol–water partition coefficient (Wildman–Crippen LogP) is 2.63. The summed E-state index contributed by atoms with van der Waals surface area (Å²) in [5, 5.41) is 7.34. The van der Waals surface area contributed by atoms with Gasteiger partial charge in [0, 0.05) is 19.3 Å². The molecule has 10 heteroatoms. The van der Waals surface area contributed by atoms with Crippen LogP contribution < -0.4 is 15.5 Å². The quantitative estimate of drug-likeness (QED) is 0.762. The Morgan fingerprint density at radius 3 is 2.93 bits per heavy atom. The number of hydrogen-bond donors (Lipinski definition) is 2. The minimum atomic E-state index is -0.512. The first-order chi connectivity index (χ1) is 13.6. The van der Waals surface area contributed by atoms with Gasteiger partial charge in [-0.1, -0.05) is 17.7 Å². The van der Waals surface area contributed by atoms with Crippen LogP contribution in [0.4, 0.5) is 4.39 Å². The molecule has 0 spiro atoms. The number of nitrogens with one attached hydrogen (secondary N) is 2. The minimum absolute atomic E-state index is 0. The molecule has 4 rings (SSSR count). The van der Waals surface area contributed by atoms with Gasteiger partial charge in [-0.05, 0) is 29.8 Å². The van der Waals surface area contributed by atoms with Gasteiger partial charge in [0.25, 0.3) is 0 Å². The first-order valence-corrected chi connectivity index (χ1v) is 9.24. The Kier molecular flexibility index (Phi) is 7.02. The van der Waals surface area contributed by atoms with E-state index in [2.05, 4.69) is 20.8 Å². The topological polar surface area (TPSA) is 84.8 Å². The van der Waals surface area contributed by atoms with Gasteiger partial charge in [0.15, 0.2) is 0 Å². The number of carbonyl (C=O) groups is 1. The van der Waals surface area contributed by atoms with E-state index < -0.39 is 18.0 Å². The van der Waals surface area contributed by atoms with E-state index >= 15 is 0 Å². The molecule has 0 unspecified atom stereocenters. The third kappa shape index (κ3) is 4.84. The molecule has 0 radical (unpaired) electrons. The number of nitrogens with zero attached hydrogens (tertiary/aromatic N) is 2. The van der Waals surface area contributed by atoms with Gasteiger partial charge in [0.05, 0.1) is 29.3 Å². The highest BCUT2D eigenvalue weighted by Gasteiger charge is 2.30. The number of benzene rings is 1. The van der Waals surface area contributed by atoms with E-state index in [1.165, 1.54) is 12.1 Å². The Morgan fingerprint density at radius 2 is 2.17 bits per heavy atom. The molecule has 2 aliphatic rings. The van der Waals surface area contributed by atoms with Crippen LogP contribution in [0.2, 0.25) is 5.02 Å². The lowest BCUT2D eigenvalue weighted by atomic mass is 10.0. The average molecular weight is 441 g/mol. The summed E-state index contributed by atoms with van der Waals surface area (Å²) in [5.74, 6) is -0.351. The molecule has 7 nitrogen and oxygen atoms in total. The van der Waals surface area contributed by atoms with Crippen LogP contribution in [0, 0.1) is 5.82 Å². The predicted molar refractivity (Wildman–Crippen MR) is 108 cm³/mol. The lowest BCUT2D eigenvalue weighted by Gasteiger charge is -2.26. The molecule has 0 aliphatic carbocycles. The van der Waals surface area contributed by atoms with Crippen molar-refractivity contribution in [3.63, 3.8) is 0 Å². The van der Waals surface area contributed by atoms with Crippen molar-refractivity contribution in [3.05, 3.63) is 58.5 Å². The standard InChI is InChI=1S/C19H18ClFN4O3.ClH/c20-13-4-3-11(8-14(13)21)18-16(10-22-6-7-27-18)28-19-12(2-1-5-23-19)15-9-17(26)25-24-15;/h1-5,8,16,18,22H,6-7,9-10H2,(H,25,26);1H/t16-,18+;/m1./s1. The molecule has 0 saturated carbocycles.